The van der Waals surface area contributed by atoms with E-state index in [0.717, 1.165) is 55.4 Å². The largest absolute Gasteiger partial charge is 0.379 e. The Hall–Kier alpha value is -2.38. The minimum Gasteiger partial charge on any atom is -0.379 e. The van der Waals surface area contributed by atoms with E-state index in [1.54, 1.807) is 0 Å². The van der Waals surface area contributed by atoms with Crippen LogP contribution in [0.3, 0.4) is 0 Å². The van der Waals surface area contributed by atoms with Gasteiger partial charge in [0.25, 0.3) is 0 Å². The molecule has 0 radical (unpaired) electrons. The summed E-state index contributed by atoms with van der Waals surface area (Å²) >= 11 is 0. The van der Waals surface area contributed by atoms with Gasteiger partial charge in [-0.1, -0.05) is 18.2 Å². The van der Waals surface area contributed by atoms with Crippen molar-refractivity contribution in [2.75, 3.05) is 39.4 Å². The third-order valence-electron chi connectivity index (χ3n) is 6.89. The number of piperidine rings is 1. The average Bonchev–Trinajstić information content (AvgIpc) is 3.38. The molecule has 0 aliphatic carbocycles. The van der Waals surface area contributed by atoms with Crippen LogP contribution in [0.2, 0.25) is 0 Å². The monoisotopic (exact) mass is 396 g/mol. The molecular formula is C22H28N4O3. The Morgan fingerprint density at radius 1 is 1.24 bits per heavy atom. The fourth-order valence-electron chi connectivity index (χ4n) is 5.20. The standard InChI is InChI=1S/C22H28N4O3/c27-20-13-26(22(14-24-20)7-10-29-15-22)17-5-8-25(9-6-17)21(28)11-16-12-23-19-4-2-1-3-18(16)19/h1-4,12,17,23H,5-11,13-15H2,(H,24,27). The van der Waals surface area contributed by atoms with Crippen LogP contribution in [0.1, 0.15) is 24.8 Å². The average molecular weight is 396 g/mol. The zero-order valence-corrected chi connectivity index (χ0v) is 16.7. The molecule has 1 spiro atoms. The maximum Gasteiger partial charge on any atom is 0.234 e. The SMILES string of the molecule is O=C1CN(C2CCN(C(=O)Cc3c[nH]c4ccccc34)CC2)C2(CCOC2)CN1. The molecule has 29 heavy (non-hydrogen) atoms. The molecule has 154 valence electrons. The number of nitrogens with zero attached hydrogens (tertiary/aromatic N) is 2. The lowest BCUT2D eigenvalue weighted by atomic mass is 9.89. The zero-order valence-electron chi connectivity index (χ0n) is 16.7. The first-order chi connectivity index (χ1) is 14.1. The Balaban J connectivity index is 1.23. The molecule has 7 heteroatoms. The predicted molar refractivity (Wildman–Crippen MR) is 109 cm³/mol. The lowest BCUT2D eigenvalue weighted by Gasteiger charge is -2.49. The summed E-state index contributed by atoms with van der Waals surface area (Å²) in [5.74, 6) is 0.281. The maximum absolute atomic E-state index is 12.9. The molecule has 3 fully saturated rings. The summed E-state index contributed by atoms with van der Waals surface area (Å²) in [6, 6.07) is 8.43. The number of piperazine rings is 1. The van der Waals surface area contributed by atoms with E-state index >= 15 is 0 Å². The summed E-state index contributed by atoms with van der Waals surface area (Å²) in [7, 11) is 0. The van der Waals surface area contributed by atoms with Crippen LogP contribution in [0.4, 0.5) is 0 Å². The minimum atomic E-state index is -0.0607. The molecule has 4 heterocycles. The van der Waals surface area contributed by atoms with Crippen molar-refractivity contribution < 1.29 is 14.3 Å². The second-order valence-electron chi connectivity index (χ2n) is 8.58. The van der Waals surface area contributed by atoms with Gasteiger partial charge in [-0.15, -0.1) is 0 Å². The van der Waals surface area contributed by atoms with Crippen LogP contribution in [-0.2, 0) is 20.7 Å². The quantitative estimate of drug-likeness (QED) is 0.820. The van der Waals surface area contributed by atoms with Crippen molar-refractivity contribution in [2.24, 2.45) is 0 Å². The Labute approximate surface area is 170 Å². The number of para-hydroxylation sites is 1. The summed E-state index contributed by atoms with van der Waals surface area (Å²) in [4.78, 5) is 32.6. The van der Waals surface area contributed by atoms with Crippen molar-refractivity contribution in [1.29, 1.82) is 0 Å². The molecule has 3 aliphatic heterocycles. The Bertz CT molecular complexity index is 910. The van der Waals surface area contributed by atoms with Gasteiger partial charge in [0.15, 0.2) is 0 Å². The lowest BCUT2D eigenvalue weighted by molar-refractivity contribution is -0.136. The van der Waals surface area contributed by atoms with Gasteiger partial charge in [-0.3, -0.25) is 14.5 Å². The van der Waals surface area contributed by atoms with Crippen molar-refractivity contribution in [3.8, 4) is 0 Å². The van der Waals surface area contributed by atoms with Crippen LogP contribution in [0.5, 0.6) is 0 Å². The smallest absolute Gasteiger partial charge is 0.234 e. The Kier molecular flexibility index (Phi) is 4.80. The first-order valence-electron chi connectivity index (χ1n) is 10.6. The summed E-state index contributed by atoms with van der Waals surface area (Å²) < 4.78 is 5.69. The molecule has 1 unspecified atom stereocenters. The number of H-pyrrole nitrogens is 1. The molecule has 0 bridgehead atoms. The van der Waals surface area contributed by atoms with Crippen LogP contribution in [0, 0.1) is 0 Å². The molecule has 2 aromatic rings. The number of carbonyl (C=O) groups is 2. The summed E-state index contributed by atoms with van der Waals surface area (Å²) in [5, 5.41) is 4.15. The van der Waals surface area contributed by atoms with Gasteiger partial charge in [0.2, 0.25) is 11.8 Å². The molecular weight excluding hydrogens is 368 g/mol. The van der Waals surface area contributed by atoms with E-state index in [1.165, 1.54) is 0 Å². The maximum atomic E-state index is 12.9. The fourth-order valence-corrected chi connectivity index (χ4v) is 5.20. The van der Waals surface area contributed by atoms with Crippen LogP contribution in [0.25, 0.3) is 10.9 Å². The highest BCUT2D eigenvalue weighted by Gasteiger charge is 2.47. The van der Waals surface area contributed by atoms with E-state index in [1.807, 2.05) is 29.3 Å². The van der Waals surface area contributed by atoms with Crippen molar-refractivity contribution in [1.82, 2.24) is 20.1 Å². The number of hydrogen-bond acceptors (Lipinski definition) is 4. The molecule has 3 saturated heterocycles. The minimum absolute atomic E-state index is 0.0607. The van der Waals surface area contributed by atoms with Gasteiger partial charge < -0.3 is 19.9 Å². The molecule has 7 nitrogen and oxygen atoms in total. The van der Waals surface area contributed by atoms with Crippen molar-refractivity contribution in [2.45, 2.75) is 37.3 Å². The van der Waals surface area contributed by atoms with Gasteiger partial charge in [-0.25, -0.2) is 0 Å². The van der Waals surface area contributed by atoms with E-state index in [2.05, 4.69) is 21.3 Å². The number of aromatic amines is 1. The van der Waals surface area contributed by atoms with Gasteiger partial charge in [-0.2, -0.15) is 0 Å². The number of nitrogens with one attached hydrogen (secondary N) is 2. The number of carbonyl (C=O) groups excluding carboxylic acids is 2. The third-order valence-corrected chi connectivity index (χ3v) is 6.89. The van der Waals surface area contributed by atoms with Crippen molar-refractivity contribution in [3.05, 3.63) is 36.0 Å². The first kappa shape index (κ1) is 18.6. The second-order valence-corrected chi connectivity index (χ2v) is 8.58. The molecule has 3 aliphatic rings. The molecule has 2 N–H and O–H groups in total. The number of amides is 2. The molecule has 1 aromatic heterocycles. The first-order valence-corrected chi connectivity index (χ1v) is 10.6. The zero-order chi connectivity index (χ0) is 19.8. The van der Waals surface area contributed by atoms with E-state index in [-0.39, 0.29) is 17.4 Å². The highest BCUT2D eigenvalue weighted by molar-refractivity contribution is 5.89. The molecule has 5 rings (SSSR count). The van der Waals surface area contributed by atoms with Gasteiger partial charge in [0.05, 0.1) is 25.1 Å². The number of rotatable bonds is 3. The summed E-state index contributed by atoms with van der Waals surface area (Å²) in [6.45, 7) is 4.06. The van der Waals surface area contributed by atoms with Crippen LogP contribution in [0.15, 0.2) is 30.5 Å². The molecule has 1 aromatic carbocycles. The normalized spacial score (nSPS) is 26.3. The third kappa shape index (κ3) is 3.42. The van der Waals surface area contributed by atoms with Crippen LogP contribution >= 0.6 is 0 Å². The lowest BCUT2D eigenvalue weighted by Crippen LogP contribution is -2.67. The molecule has 0 saturated carbocycles. The summed E-state index contributed by atoms with van der Waals surface area (Å²) in [6.07, 6.45) is 5.17. The van der Waals surface area contributed by atoms with E-state index in [4.69, 9.17) is 4.74 Å². The van der Waals surface area contributed by atoms with E-state index in [9.17, 15) is 9.59 Å². The Morgan fingerprint density at radius 3 is 2.86 bits per heavy atom. The summed E-state index contributed by atoms with van der Waals surface area (Å²) in [5.41, 5.74) is 2.07. The van der Waals surface area contributed by atoms with E-state index < -0.39 is 0 Å². The second kappa shape index (κ2) is 7.46. The molecule has 2 amide bonds. The number of benzene rings is 1. The van der Waals surface area contributed by atoms with Gasteiger partial charge in [0, 0.05) is 49.4 Å². The highest BCUT2D eigenvalue weighted by atomic mass is 16.5. The van der Waals surface area contributed by atoms with Gasteiger partial charge in [-0.05, 0) is 30.9 Å². The fraction of sp³-hybridized carbons (Fsp3) is 0.545. The predicted octanol–water partition coefficient (Wildman–Crippen LogP) is 1.29. The Morgan fingerprint density at radius 2 is 2.07 bits per heavy atom. The van der Waals surface area contributed by atoms with Crippen molar-refractivity contribution >= 4 is 22.7 Å². The number of ether oxygens (including phenoxy) is 1. The highest BCUT2D eigenvalue weighted by Crippen LogP contribution is 2.33. The van der Waals surface area contributed by atoms with Crippen LogP contribution in [-0.4, -0.2) is 77.6 Å². The van der Waals surface area contributed by atoms with Crippen molar-refractivity contribution in [3.63, 3.8) is 0 Å². The number of hydrogen-bond donors (Lipinski definition) is 2. The number of likely N-dealkylation sites (tertiary alicyclic amines) is 1. The number of aromatic nitrogens is 1. The molecule has 1 atom stereocenters. The van der Waals surface area contributed by atoms with Gasteiger partial charge in [0.1, 0.15) is 0 Å². The number of fused-ring (bicyclic) bond motifs is 1. The van der Waals surface area contributed by atoms with Crippen LogP contribution < -0.4 is 5.32 Å². The van der Waals surface area contributed by atoms with E-state index in [0.29, 0.717) is 32.2 Å². The van der Waals surface area contributed by atoms with Gasteiger partial charge >= 0.3 is 0 Å². The topological polar surface area (TPSA) is 77.7 Å².